The van der Waals surface area contributed by atoms with Crippen LogP contribution in [0.3, 0.4) is 0 Å². The second-order valence-electron chi connectivity index (χ2n) is 6.16. The average molecular weight is 297 g/mol. The summed E-state index contributed by atoms with van der Waals surface area (Å²) in [5.74, 6) is 0.709. The summed E-state index contributed by atoms with van der Waals surface area (Å²) in [5, 5.41) is 4.21. The first kappa shape index (κ1) is 17.5. The van der Waals surface area contributed by atoms with Crippen molar-refractivity contribution in [3.05, 3.63) is 34.9 Å². The molecule has 1 aromatic carbocycles. The van der Waals surface area contributed by atoms with Crippen molar-refractivity contribution in [1.82, 2.24) is 10.2 Å². The maximum absolute atomic E-state index is 5.96. The predicted molar refractivity (Wildman–Crippen MR) is 89.4 cm³/mol. The Morgan fingerprint density at radius 3 is 2.15 bits per heavy atom. The maximum atomic E-state index is 5.96. The van der Waals surface area contributed by atoms with Gasteiger partial charge in [0.1, 0.15) is 0 Å². The van der Waals surface area contributed by atoms with Gasteiger partial charge < -0.3 is 10.2 Å². The molecule has 0 amide bonds. The molecule has 114 valence electrons. The molecule has 2 nitrogen and oxygen atoms in total. The lowest BCUT2D eigenvalue weighted by atomic mass is 10.0. The minimum atomic E-state index is 0.390. The van der Waals surface area contributed by atoms with E-state index < -0.39 is 0 Å². The van der Waals surface area contributed by atoms with E-state index >= 15 is 0 Å². The molecule has 0 spiro atoms. The molecule has 0 fully saturated rings. The van der Waals surface area contributed by atoms with E-state index in [0.29, 0.717) is 18.0 Å². The van der Waals surface area contributed by atoms with Gasteiger partial charge in [0.15, 0.2) is 0 Å². The zero-order valence-corrected chi connectivity index (χ0v) is 14.2. The molecule has 0 radical (unpaired) electrons. The van der Waals surface area contributed by atoms with Crippen molar-refractivity contribution in [3.63, 3.8) is 0 Å². The molecule has 0 heterocycles. The van der Waals surface area contributed by atoms with E-state index in [0.717, 1.165) is 24.5 Å². The minimum absolute atomic E-state index is 0.390. The minimum Gasteiger partial charge on any atom is -0.313 e. The smallest absolute Gasteiger partial charge is 0.0406 e. The van der Waals surface area contributed by atoms with Gasteiger partial charge in [-0.2, -0.15) is 0 Å². The summed E-state index contributed by atoms with van der Waals surface area (Å²) < 4.78 is 0. The predicted octanol–water partition coefficient (Wildman–Crippen LogP) is 4.36. The summed E-state index contributed by atoms with van der Waals surface area (Å²) in [6, 6.07) is 9.16. The zero-order chi connectivity index (χ0) is 15.1. The quantitative estimate of drug-likeness (QED) is 0.767. The number of hydrogen-bond acceptors (Lipinski definition) is 2. The van der Waals surface area contributed by atoms with Gasteiger partial charge in [-0.1, -0.05) is 37.6 Å². The summed E-state index contributed by atoms with van der Waals surface area (Å²) in [5.41, 5.74) is 1.31. The van der Waals surface area contributed by atoms with E-state index in [2.05, 4.69) is 50.0 Å². The highest BCUT2D eigenvalue weighted by molar-refractivity contribution is 6.30. The first-order valence-corrected chi connectivity index (χ1v) is 7.98. The van der Waals surface area contributed by atoms with Crippen molar-refractivity contribution in [3.8, 4) is 0 Å². The number of benzene rings is 1. The van der Waals surface area contributed by atoms with Crippen LogP contribution in [-0.2, 0) is 0 Å². The average Bonchev–Trinajstić information content (AvgIpc) is 2.39. The Bertz CT molecular complexity index is 373. The van der Waals surface area contributed by atoms with Crippen LogP contribution in [0.1, 0.15) is 45.7 Å². The fraction of sp³-hybridized carbons (Fsp3) is 0.647. The number of halogens is 1. The lowest BCUT2D eigenvalue weighted by Gasteiger charge is -2.30. The molecule has 3 heteroatoms. The van der Waals surface area contributed by atoms with Gasteiger partial charge in [-0.15, -0.1) is 0 Å². The van der Waals surface area contributed by atoms with Gasteiger partial charge in [0.2, 0.25) is 0 Å². The van der Waals surface area contributed by atoms with Crippen LogP contribution in [0.5, 0.6) is 0 Å². The molecule has 0 aliphatic rings. The Morgan fingerprint density at radius 2 is 1.70 bits per heavy atom. The Balaban J connectivity index is 2.61. The molecule has 0 saturated heterocycles. The summed E-state index contributed by atoms with van der Waals surface area (Å²) in [7, 11) is 2.03. The monoisotopic (exact) mass is 296 g/mol. The van der Waals surface area contributed by atoms with Crippen molar-refractivity contribution in [2.75, 3.05) is 20.1 Å². The van der Waals surface area contributed by atoms with Crippen LogP contribution in [0.2, 0.25) is 5.02 Å². The van der Waals surface area contributed by atoms with Crippen LogP contribution in [0.4, 0.5) is 0 Å². The van der Waals surface area contributed by atoms with Crippen LogP contribution < -0.4 is 5.32 Å². The fourth-order valence-electron chi connectivity index (χ4n) is 2.50. The molecule has 0 aliphatic carbocycles. The Labute approximate surface area is 129 Å². The second kappa shape index (κ2) is 8.66. The van der Waals surface area contributed by atoms with Crippen LogP contribution in [-0.4, -0.2) is 31.1 Å². The van der Waals surface area contributed by atoms with Crippen molar-refractivity contribution in [2.24, 2.45) is 5.92 Å². The van der Waals surface area contributed by atoms with Crippen molar-refractivity contribution >= 4 is 11.6 Å². The standard InChI is InChI=1S/C17H29ClN2/c1-13(2)12-20(14(3)4)11-10-17(19-5)15-6-8-16(18)9-7-15/h6-9,13-14,17,19H,10-12H2,1-5H3. The summed E-state index contributed by atoms with van der Waals surface area (Å²) in [6.07, 6.45) is 1.11. The second-order valence-corrected chi connectivity index (χ2v) is 6.60. The van der Waals surface area contributed by atoms with Gasteiger partial charge in [-0.05, 0) is 50.9 Å². The third-order valence-corrected chi connectivity index (χ3v) is 3.91. The van der Waals surface area contributed by atoms with Crippen LogP contribution in [0.15, 0.2) is 24.3 Å². The van der Waals surface area contributed by atoms with Gasteiger partial charge in [-0.3, -0.25) is 0 Å². The third-order valence-electron chi connectivity index (χ3n) is 3.66. The molecule has 1 rings (SSSR count). The molecule has 1 N–H and O–H groups in total. The Morgan fingerprint density at radius 1 is 1.10 bits per heavy atom. The normalized spacial score (nSPS) is 13.4. The summed E-state index contributed by atoms with van der Waals surface area (Å²) in [4.78, 5) is 2.56. The largest absolute Gasteiger partial charge is 0.313 e. The van der Waals surface area contributed by atoms with E-state index in [4.69, 9.17) is 11.6 Å². The molecule has 1 aromatic rings. The first-order valence-electron chi connectivity index (χ1n) is 7.60. The molecular formula is C17H29ClN2. The van der Waals surface area contributed by atoms with E-state index in [-0.39, 0.29) is 0 Å². The highest BCUT2D eigenvalue weighted by atomic mass is 35.5. The summed E-state index contributed by atoms with van der Waals surface area (Å²) in [6.45, 7) is 11.4. The lowest BCUT2D eigenvalue weighted by molar-refractivity contribution is 0.188. The molecule has 1 atom stereocenters. The lowest BCUT2D eigenvalue weighted by Crippen LogP contribution is -2.36. The fourth-order valence-corrected chi connectivity index (χ4v) is 2.62. The van der Waals surface area contributed by atoms with Gasteiger partial charge >= 0.3 is 0 Å². The van der Waals surface area contributed by atoms with Gasteiger partial charge in [0, 0.05) is 30.2 Å². The molecular weight excluding hydrogens is 268 g/mol. The number of rotatable bonds is 8. The van der Waals surface area contributed by atoms with E-state index in [1.54, 1.807) is 0 Å². The topological polar surface area (TPSA) is 15.3 Å². The Hall–Kier alpha value is -0.570. The van der Waals surface area contributed by atoms with Crippen molar-refractivity contribution < 1.29 is 0 Å². The van der Waals surface area contributed by atoms with Gasteiger partial charge in [0.25, 0.3) is 0 Å². The molecule has 0 saturated carbocycles. The third kappa shape index (κ3) is 5.82. The van der Waals surface area contributed by atoms with Crippen LogP contribution in [0.25, 0.3) is 0 Å². The van der Waals surface area contributed by atoms with Crippen molar-refractivity contribution in [2.45, 2.75) is 46.2 Å². The Kier molecular flexibility index (Phi) is 7.57. The molecule has 20 heavy (non-hydrogen) atoms. The van der Waals surface area contributed by atoms with E-state index in [1.807, 2.05) is 19.2 Å². The molecule has 0 bridgehead atoms. The van der Waals surface area contributed by atoms with Crippen LogP contribution in [0, 0.1) is 5.92 Å². The SMILES string of the molecule is CNC(CCN(CC(C)C)C(C)C)c1ccc(Cl)cc1. The number of nitrogens with zero attached hydrogens (tertiary/aromatic N) is 1. The van der Waals surface area contributed by atoms with E-state index in [1.165, 1.54) is 5.56 Å². The number of nitrogens with one attached hydrogen (secondary N) is 1. The zero-order valence-electron chi connectivity index (χ0n) is 13.5. The first-order chi connectivity index (χ1) is 9.43. The highest BCUT2D eigenvalue weighted by Gasteiger charge is 2.15. The molecule has 0 aliphatic heterocycles. The highest BCUT2D eigenvalue weighted by Crippen LogP contribution is 2.20. The number of hydrogen-bond donors (Lipinski definition) is 1. The summed E-state index contributed by atoms with van der Waals surface area (Å²) >= 11 is 5.96. The van der Waals surface area contributed by atoms with Crippen molar-refractivity contribution in [1.29, 1.82) is 0 Å². The van der Waals surface area contributed by atoms with Gasteiger partial charge in [0.05, 0.1) is 0 Å². The van der Waals surface area contributed by atoms with E-state index in [9.17, 15) is 0 Å². The van der Waals surface area contributed by atoms with Crippen LogP contribution >= 0.6 is 11.6 Å². The van der Waals surface area contributed by atoms with Gasteiger partial charge in [-0.25, -0.2) is 0 Å². The molecule has 1 unspecified atom stereocenters. The maximum Gasteiger partial charge on any atom is 0.0406 e. The molecule has 0 aromatic heterocycles.